The number of halogens is 3. The second-order valence-corrected chi connectivity index (χ2v) is 12.8. The van der Waals surface area contributed by atoms with Gasteiger partial charge in [-0.3, -0.25) is 9.69 Å². The van der Waals surface area contributed by atoms with Crippen molar-refractivity contribution >= 4 is 24.3 Å². The lowest BCUT2D eigenvalue weighted by Gasteiger charge is -2.49. The number of hydrogen-bond acceptors (Lipinski definition) is 4. The summed E-state index contributed by atoms with van der Waals surface area (Å²) < 4.78 is 32.6. The lowest BCUT2D eigenvalue weighted by Crippen LogP contribution is -2.60. The van der Waals surface area contributed by atoms with Gasteiger partial charge in [0.2, 0.25) is 11.8 Å². The highest BCUT2D eigenvalue weighted by atomic mass is 35.5. The number of hydrogen-bond donors (Lipinski definition) is 1. The van der Waals surface area contributed by atoms with Gasteiger partial charge in [0.05, 0.1) is 18.2 Å². The standard InChI is InChI=1S/C31H46F2N4O3.ClH/c1-22(2)37-29(39)35(17-18-40-3)21-30(37)19-25-9-10-26(20-30)36(25)16-13-27(23-7-5-4-6-8-23)34-28(38)24-11-14-31(32,33)15-12-24;/h4-8,22,24-27H,9-21H2,1-3H3,(H,34,38);1H/t25?,26?,27-,30?;/m0./s1. The van der Waals surface area contributed by atoms with Crippen LogP contribution in [0.2, 0.25) is 0 Å². The molecule has 4 aliphatic rings. The quantitative estimate of drug-likeness (QED) is 0.380. The van der Waals surface area contributed by atoms with E-state index in [-0.39, 0.29) is 73.6 Å². The average molecular weight is 597 g/mol. The van der Waals surface area contributed by atoms with Gasteiger partial charge in [-0.15, -0.1) is 12.4 Å². The number of fused-ring (bicyclic) bond motifs is 2. The Morgan fingerprint density at radius 2 is 1.68 bits per heavy atom. The molecule has 5 rings (SSSR count). The van der Waals surface area contributed by atoms with E-state index in [4.69, 9.17) is 4.74 Å². The Kier molecular flexibility index (Phi) is 10.2. The van der Waals surface area contributed by atoms with E-state index < -0.39 is 5.92 Å². The first-order valence-electron chi connectivity index (χ1n) is 15.2. The number of piperidine rings is 1. The van der Waals surface area contributed by atoms with Crippen molar-refractivity contribution in [2.45, 2.75) is 107 Å². The van der Waals surface area contributed by atoms with Crippen LogP contribution in [-0.4, -0.2) is 89.6 Å². The predicted molar refractivity (Wildman–Crippen MR) is 157 cm³/mol. The minimum atomic E-state index is -2.64. The second-order valence-electron chi connectivity index (χ2n) is 12.8. The van der Waals surface area contributed by atoms with Crippen molar-refractivity contribution in [2.75, 3.05) is 33.4 Å². The molecule has 1 aromatic rings. The van der Waals surface area contributed by atoms with Crippen LogP contribution in [0.3, 0.4) is 0 Å². The van der Waals surface area contributed by atoms with E-state index in [1.807, 2.05) is 35.2 Å². The number of carbonyl (C=O) groups is 2. The van der Waals surface area contributed by atoms with Gasteiger partial charge in [0.1, 0.15) is 0 Å². The molecule has 3 amide bonds. The van der Waals surface area contributed by atoms with Gasteiger partial charge in [0.25, 0.3) is 0 Å². The third-order valence-corrected chi connectivity index (χ3v) is 9.84. The Morgan fingerprint density at radius 3 is 2.27 bits per heavy atom. The molecule has 1 spiro atoms. The van der Waals surface area contributed by atoms with Crippen LogP contribution >= 0.6 is 12.4 Å². The molecule has 1 N–H and O–H groups in total. The van der Waals surface area contributed by atoms with Crippen molar-refractivity contribution in [3.8, 4) is 0 Å². The molecule has 0 aromatic heterocycles. The van der Waals surface area contributed by atoms with Gasteiger partial charge in [-0.2, -0.15) is 0 Å². The number of ether oxygens (including phenoxy) is 1. The molecule has 1 saturated carbocycles. The van der Waals surface area contributed by atoms with Crippen molar-refractivity contribution in [1.29, 1.82) is 0 Å². The maximum absolute atomic E-state index is 13.7. The zero-order valence-electron chi connectivity index (χ0n) is 24.7. The fraction of sp³-hybridized carbons (Fsp3) is 0.742. The summed E-state index contributed by atoms with van der Waals surface area (Å²) in [6.45, 7) is 7.02. The van der Waals surface area contributed by atoms with Crippen LogP contribution in [0.25, 0.3) is 0 Å². The average Bonchev–Trinajstić information content (AvgIpc) is 3.33. The predicted octanol–water partition coefficient (Wildman–Crippen LogP) is 5.64. The molecule has 10 heteroatoms. The molecular formula is C31H47ClF2N4O3. The molecule has 1 aromatic carbocycles. The number of alkyl halides is 2. The summed E-state index contributed by atoms with van der Waals surface area (Å²) >= 11 is 0. The molecule has 230 valence electrons. The van der Waals surface area contributed by atoms with Crippen LogP contribution in [0.15, 0.2) is 30.3 Å². The first-order chi connectivity index (χ1) is 19.1. The first-order valence-corrected chi connectivity index (χ1v) is 15.2. The third-order valence-electron chi connectivity index (χ3n) is 9.84. The zero-order chi connectivity index (χ0) is 28.5. The minimum absolute atomic E-state index is 0. The highest BCUT2D eigenvalue weighted by Gasteiger charge is 2.57. The summed E-state index contributed by atoms with van der Waals surface area (Å²) in [6, 6.07) is 10.9. The summed E-state index contributed by atoms with van der Waals surface area (Å²) in [5.41, 5.74) is 0.913. The van der Waals surface area contributed by atoms with E-state index in [1.165, 1.54) is 0 Å². The third kappa shape index (κ3) is 6.83. The summed E-state index contributed by atoms with van der Waals surface area (Å²) in [7, 11) is 1.67. The van der Waals surface area contributed by atoms with Crippen LogP contribution in [0.4, 0.5) is 13.6 Å². The maximum atomic E-state index is 13.7. The molecule has 3 aliphatic heterocycles. The van der Waals surface area contributed by atoms with Crippen molar-refractivity contribution in [3.05, 3.63) is 35.9 Å². The Bertz CT molecular complexity index is 1020. The molecule has 0 radical (unpaired) electrons. The number of carbonyl (C=O) groups excluding carboxylic acids is 2. The lowest BCUT2D eigenvalue weighted by atomic mass is 9.81. The summed E-state index contributed by atoms with van der Waals surface area (Å²) in [5.74, 6) is -3.09. The van der Waals surface area contributed by atoms with Gasteiger partial charge in [-0.05, 0) is 64.4 Å². The molecule has 3 saturated heterocycles. The van der Waals surface area contributed by atoms with Crippen molar-refractivity contribution < 1.29 is 23.1 Å². The molecule has 7 nitrogen and oxygen atoms in total. The highest BCUT2D eigenvalue weighted by molar-refractivity contribution is 5.85. The SMILES string of the molecule is COCCN1CC2(CC3CCC(C2)N3CC[C@H](NC(=O)C2CCC(F)(F)CC2)c2ccccc2)N(C(C)C)C1=O.Cl. The summed E-state index contributed by atoms with van der Waals surface area (Å²) in [4.78, 5) is 33.3. The van der Waals surface area contributed by atoms with E-state index in [0.717, 1.165) is 50.8 Å². The Morgan fingerprint density at radius 1 is 1.05 bits per heavy atom. The zero-order valence-corrected chi connectivity index (χ0v) is 25.5. The monoisotopic (exact) mass is 596 g/mol. The second kappa shape index (κ2) is 13.1. The maximum Gasteiger partial charge on any atom is 0.320 e. The van der Waals surface area contributed by atoms with Crippen LogP contribution < -0.4 is 5.32 Å². The van der Waals surface area contributed by atoms with Gasteiger partial charge >= 0.3 is 6.03 Å². The summed E-state index contributed by atoms with van der Waals surface area (Å²) in [5, 5.41) is 3.24. The lowest BCUT2D eigenvalue weighted by molar-refractivity contribution is -0.130. The molecule has 41 heavy (non-hydrogen) atoms. The molecular weight excluding hydrogens is 550 g/mol. The smallest absolute Gasteiger partial charge is 0.320 e. The molecule has 3 atom stereocenters. The van der Waals surface area contributed by atoms with Gasteiger partial charge in [0, 0.05) is 63.6 Å². The highest BCUT2D eigenvalue weighted by Crippen LogP contribution is 2.47. The number of nitrogens with zero attached hydrogens (tertiary/aromatic N) is 3. The minimum Gasteiger partial charge on any atom is -0.383 e. The molecule has 1 aliphatic carbocycles. The number of methoxy groups -OCH3 is 1. The van der Waals surface area contributed by atoms with Gasteiger partial charge < -0.3 is 19.9 Å². The van der Waals surface area contributed by atoms with Gasteiger partial charge in [0.15, 0.2) is 0 Å². The van der Waals surface area contributed by atoms with Gasteiger partial charge in [-0.25, -0.2) is 13.6 Å². The first kappa shape index (κ1) is 32.0. The topological polar surface area (TPSA) is 65.1 Å². The van der Waals surface area contributed by atoms with E-state index >= 15 is 0 Å². The molecule has 3 heterocycles. The van der Waals surface area contributed by atoms with Crippen LogP contribution in [0.1, 0.15) is 83.2 Å². The Labute approximate surface area is 249 Å². The molecule has 2 unspecified atom stereocenters. The van der Waals surface area contributed by atoms with Crippen molar-refractivity contribution in [3.63, 3.8) is 0 Å². The van der Waals surface area contributed by atoms with E-state index in [0.29, 0.717) is 25.2 Å². The molecule has 2 bridgehead atoms. The number of rotatable bonds is 10. The number of urea groups is 1. The number of nitrogens with one attached hydrogen (secondary N) is 1. The Hall–Kier alpha value is -1.97. The van der Waals surface area contributed by atoms with Gasteiger partial charge in [-0.1, -0.05) is 30.3 Å². The van der Waals surface area contributed by atoms with E-state index in [2.05, 4.69) is 29.0 Å². The Balaban J connectivity index is 0.00000387. The normalized spacial score (nSPS) is 28.8. The van der Waals surface area contributed by atoms with Crippen molar-refractivity contribution in [1.82, 2.24) is 20.0 Å². The van der Waals surface area contributed by atoms with Crippen LogP contribution in [0.5, 0.6) is 0 Å². The van der Waals surface area contributed by atoms with E-state index in [9.17, 15) is 18.4 Å². The van der Waals surface area contributed by atoms with Crippen LogP contribution in [0, 0.1) is 5.92 Å². The molecule has 4 fully saturated rings. The van der Waals surface area contributed by atoms with E-state index in [1.54, 1.807) is 7.11 Å². The fourth-order valence-corrected chi connectivity index (χ4v) is 7.98. The van der Waals surface area contributed by atoms with Crippen molar-refractivity contribution in [2.24, 2.45) is 5.92 Å². The number of amides is 3. The largest absolute Gasteiger partial charge is 0.383 e. The van der Waals surface area contributed by atoms with Crippen LogP contribution in [-0.2, 0) is 9.53 Å². The summed E-state index contributed by atoms with van der Waals surface area (Å²) in [6.07, 6.45) is 5.02. The number of benzene rings is 1. The fourth-order valence-electron chi connectivity index (χ4n) is 7.98.